The van der Waals surface area contributed by atoms with Crippen molar-refractivity contribution in [3.8, 4) is 0 Å². The zero-order valence-corrected chi connectivity index (χ0v) is 10.7. The van der Waals surface area contributed by atoms with E-state index in [4.69, 9.17) is 0 Å². The average molecular weight is 289 g/mol. The summed E-state index contributed by atoms with van der Waals surface area (Å²) in [7, 11) is 0. The Labute approximate surface area is 118 Å². The Bertz CT molecular complexity index is 796. The van der Waals surface area contributed by atoms with Crippen LogP contribution in [-0.2, 0) is 0 Å². The fourth-order valence-electron chi connectivity index (χ4n) is 2.19. The van der Waals surface area contributed by atoms with Gasteiger partial charge in [-0.1, -0.05) is 12.1 Å². The molecule has 5 heteroatoms. The quantitative estimate of drug-likeness (QED) is 0.729. The predicted molar refractivity (Wildman–Crippen MR) is 72.1 cm³/mol. The van der Waals surface area contributed by atoms with Crippen LogP contribution in [0.15, 0.2) is 48.7 Å². The number of hydrogen-bond acceptors (Lipinski definition) is 2. The van der Waals surface area contributed by atoms with Gasteiger partial charge >= 0.3 is 0 Å². The topological polar surface area (TPSA) is 33.1 Å². The molecule has 0 saturated carbocycles. The van der Waals surface area contributed by atoms with Crippen molar-refractivity contribution < 1.29 is 18.3 Å². The summed E-state index contributed by atoms with van der Waals surface area (Å²) < 4.78 is 39.4. The molecule has 1 N–H and O–H groups in total. The predicted octanol–water partition coefficient (Wildman–Crippen LogP) is 3.73. The second-order valence-corrected chi connectivity index (χ2v) is 4.66. The number of benzene rings is 2. The van der Waals surface area contributed by atoms with Crippen LogP contribution < -0.4 is 0 Å². The summed E-state index contributed by atoms with van der Waals surface area (Å²) >= 11 is 0. The lowest BCUT2D eigenvalue weighted by Gasteiger charge is -2.13. The molecule has 0 fully saturated rings. The molecular formula is C16H10F3NO. The fourth-order valence-corrected chi connectivity index (χ4v) is 2.19. The Morgan fingerprint density at radius 1 is 0.905 bits per heavy atom. The summed E-state index contributed by atoms with van der Waals surface area (Å²) in [6.45, 7) is 0. The molecule has 3 aromatic rings. The second-order valence-electron chi connectivity index (χ2n) is 4.66. The van der Waals surface area contributed by atoms with E-state index in [9.17, 15) is 18.3 Å². The highest BCUT2D eigenvalue weighted by Crippen LogP contribution is 2.27. The first-order valence-corrected chi connectivity index (χ1v) is 6.23. The smallest absolute Gasteiger partial charge is 0.194 e. The number of aliphatic hydroxyl groups is 1. The van der Waals surface area contributed by atoms with E-state index in [1.807, 2.05) is 6.07 Å². The third-order valence-electron chi connectivity index (χ3n) is 3.26. The lowest BCUT2D eigenvalue weighted by Crippen LogP contribution is -2.03. The second kappa shape index (κ2) is 5.18. The van der Waals surface area contributed by atoms with E-state index >= 15 is 0 Å². The molecule has 1 aromatic heterocycles. The van der Waals surface area contributed by atoms with Crippen molar-refractivity contribution in [3.63, 3.8) is 0 Å². The minimum atomic E-state index is -1.55. The summed E-state index contributed by atoms with van der Waals surface area (Å²) in [5.41, 5.74) is 1.14. The van der Waals surface area contributed by atoms with Crippen LogP contribution >= 0.6 is 0 Å². The van der Waals surface area contributed by atoms with Crippen molar-refractivity contribution in [2.75, 3.05) is 0 Å². The Morgan fingerprint density at radius 2 is 1.62 bits per heavy atom. The molecule has 0 amide bonds. The molecule has 3 rings (SSSR count). The monoisotopic (exact) mass is 289 g/mol. The minimum absolute atomic E-state index is 0.0466. The molecule has 21 heavy (non-hydrogen) atoms. The van der Waals surface area contributed by atoms with Gasteiger partial charge in [0, 0.05) is 11.6 Å². The van der Waals surface area contributed by atoms with Gasteiger partial charge in [-0.15, -0.1) is 0 Å². The van der Waals surface area contributed by atoms with Crippen LogP contribution in [0.2, 0.25) is 0 Å². The number of hydrogen-bond donors (Lipinski definition) is 1. The molecule has 0 aliphatic heterocycles. The van der Waals surface area contributed by atoms with Gasteiger partial charge in [-0.2, -0.15) is 0 Å². The molecule has 2 aromatic carbocycles. The van der Waals surface area contributed by atoms with E-state index in [1.54, 1.807) is 30.5 Å². The molecule has 0 radical (unpaired) electrons. The van der Waals surface area contributed by atoms with Crippen LogP contribution in [0.25, 0.3) is 10.9 Å². The van der Waals surface area contributed by atoms with Crippen LogP contribution in [0.3, 0.4) is 0 Å². The van der Waals surface area contributed by atoms with Gasteiger partial charge < -0.3 is 5.11 Å². The SMILES string of the molecule is OC(c1cc(F)c(F)c(F)c1)c1ccc2ncccc2c1. The maximum Gasteiger partial charge on any atom is 0.194 e. The molecule has 0 saturated heterocycles. The summed E-state index contributed by atoms with van der Waals surface area (Å²) in [5.74, 6) is -4.20. The third kappa shape index (κ3) is 2.48. The lowest BCUT2D eigenvalue weighted by atomic mass is 9.99. The van der Waals surface area contributed by atoms with Gasteiger partial charge in [0.1, 0.15) is 6.10 Å². The van der Waals surface area contributed by atoms with Crippen molar-refractivity contribution in [2.45, 2.75) is 6.10 Å². The summed E-state index contributed by atoms with van der Waals surface area (Å²) in [5, 5.41) is 11.0. The largest absolute Gasteiger partial charge is 0.384 e. The van der Waals surface area contributed by atoms with E-state index in [0.29, 0.717) is 5.56 Å². The number of halogens is 3. The lowest BCUT2D eigenvalue weighted by molar-refractivity contribution is 0.219. The van der Waals surface area contributed by atoms with Gasteiger partial charge in [0.05, 0.1) is 5.52 Å². The Morgan fingerprint density at radius 3 is 2.33 bits per heavy atom. The van der Waals surface area contributed by atoms with E-state index < -0.39 is 23.6 Å². The Hall–Kier alpha value is -2.40. The first-order chi connectivity index (χ1) is 10.1. The average Bonchev–Trinajstić information content (AvgIpc) is 2.51. The van der Waals surface area contributed by atoms with E-state index in [2.05, 4.69) is 4.98 Å². The molecule has 2 nitrogen and oxygen atoms in total. The van der Waals surface area contributed by atoms with Crippen molar-refractivity contribution in [2.24, 2.45) is 0 Å². The number of pyridine rings is 1. The third-order valence-corrected chi connectivity index (χ3v) is 3.26. The zero-order chi connectivity index (χ0) is 15.0. The van der Waals surface area contributed by atoms with Gasteiger partial charge in [0.2, 0.25) is 0 Å². The Kier molecular flexibility index (Phi) is 3.35. The van der Waals surface area contributed by atoms with Crippen LogP contribution in [0, 0.1) is 17.5 Å². The molecule has 106 valence electrons. The van der Waals surface area contributed by atoms with Gasteiger partial charge in [-0.3, -0.25) is 4.98 Å². The fraction of sp³-hybridized carbons (Fsp3) is 0.0625. The maximum atomic E-state index is 13.2. The highest BCUT2D eigenvalue weighted by molar-refractivity contribution is 5.79. The van der Waals surface area contributed by atoms with Crippen molar-refractivity contribution >= 4 is 10.9 Å². The number of nitrogens with zero attached hydrogens (tertiary/aromatic N) is 1. The maximum absolute atomic E-state index is 13.2. The molecule has 0 bridgehead atoms. The van der Waals surface area contributed by atoms with Gasteiger partial charge in [-0.05, 0) is 41.5 Å². The van der Waals surface area contributed by atoms with E-state index in [1.165, 1.54) is 0 Å². The van der Waals surface area contributed by atoms with Crippen molar-refractivity contribution in [1.82, 2.24) is 4.98 Å². The number of rotatable bonds is 2. The minimum Gasteiger partial charge on any atom is -0.384 e. The molecule has 0 aliphatic carbocycles. The van der Waals surface area contributed by atoms with E-state index in [-0.39, 0.29) is 5.56 Å². The van der Waals surface area contributed by atoms with Gasteiger partial charge in [-0.25, -0.2) is 13.2 Å². The molecular weight excluding hydrogens is 279 g/mol. The summed E-state index contributed by atoms with van der Waals surface area (Å²) in [6, 6.07) is 10.1. The van der Waals surface area contributed by atoms with Gasteiger partial charge in [0.25, 0.3) is 0 Å². The number of fused-ring (bicyclic) bond motifs is 1. The highest BCUT2D eigenvalue weighted by atomic mass is 19.2. The zero-order valence-electron chi connectivity index (χ0n) is 10.7. The Balaban J connectivity index is 2.05. The van der Waals surface area contributed by atoms with Crippen LogP contribution in [0.4, 0.5) is 13.2 Å². The van der Waals surface area contributed by atoms with Crippen LogP contribution in [0.1, 0.15) is 17.2 Å². The van der Waals surface area contributed by atoms with Crippen LogP contribution in [0.5, 0.6) is 0 Å². The molecule has 0 spiro atoms. The molecule has 0 aliphatic rings. The molecule has 1 unspecified atom stereocenters. The first kappa shape index (κ1) is 13.6. The molecule has 1 atom stereocenters. The highest BCUT2D eigenvalue weighted by Gasteiger charge is 2.17. The number of aromatic nitrogens is 1. The standard InChI is InChI=1S/C16H10F3NO/c17-12-7-11(8-13(18)15(12)19)16(21)10-3-4-14-9(6-10)2-1-5-20-14/h1-8,16,21H. The van der Waals surface area contributed by atoms with Gasteiger partial charge in [0.15, 0.2) is 17.5 Å². The summed E-state index contributed by atoms with van der Waals surface area (Å²) in [6.07, 6.45) is 0.391. The normalized spacial score (nSPS) is 12.6. The van der Waals surface area contributed by atoms with Crippen molar-refractivity contribution in [3.05, 3.63) is 77.2 Å². The first-order valence-electron chi connectivity index (χ1n) is 6.23. The number of aliphatic hydroxyl groups excluding tert-OH is 1. The van der Waals surface area contributed by atoms with E-state index in [0.717, 1.165) is 23.0 Å². The summed E-state index contributed by atoms with van der Waals surface area (Å²) in [4.78, 5) is 4.14. The molecule has 1 heterocycles. The van der Waals surface area contributed by atoms with Crippen molar-refractivity contribution in [1.29, 1.82) is 0 Å². The van der Waals surface area contributed by atoms with Crippen LogP contribution in [-0.4, -0.2) is 10.1 Å².